The third kappa shape index (κ3) is 14.0. The van der Waals surface area contributed by atoms with Gasteiger partial charge in [0.2, 0.25) is 16.9 Å². The van der Waals surface area contributed by atoms with E-state index in [4.69, 9.17) is 19.5 Å². The van der Waals surface area contributed by atoms with Crippen molar-refractivity contribution in [2.45, 2.75) is 63.4 Å². The summed E-state index contributed by atoms with van der Waals surface area (Å²) >= 11 is 0.820. The monoisotopic (exact) mass is 865 g/mol. The largest absolute Gasteiger partial charge is 0.481 e. The van der Waals surface area contributed by atoms with Crippen molar-refractivity contribution >= 4 is 69.1 Å². The molecule has 0 aliphatic carbocycles. The number of ether oxygens (including phenoxy) is 1. The second kappa shape index (κ2) is 19.6. The van der Waals surface area contributed by atoms with Gasteiger partial charge in [-0.05, 0) is 6.42 Å². The van der Waals surface area contributed by atoms with Gasteiger partial charge < -0.3 is 56.0 Å². The maximum absolute atomic E-state index is 12.7. The van der Waals surface area contributed by atoms with Crippen LogP contribution in [-0.2, 0) is 50.7 Å². The van der Waals surface area contributed by atoms with Crippen LogP contribution >= 0.6 is 35.2 Å². The normalized spacial score (nSPS) is 22.3. The Hall–Kier alpha value is -2.74. The lowest BCUT2D eigenvalue weighted by molar-refractivity contribution is -0.137. The van der Waals surface area contributed by atoms with Crippen molar-refractivity contribution in [3.05, 3.63) is 25.3 Å². The van der Waals surface area contributed by atoms with Gasteiger partial charge in [0.1, 0.15) is 42.4 Å². The Morgan fingerprint density at radius 3 is 2.42 bits per heavy atom. The minimum absolute atomic E-state index is 0.0237. The molecule has 0 saturated carbocycles. The molecule has 1 saturated heterocycles. The van der Waals surface area contributed by atoms with Crippen molar-refractivity contribution in [3.63, 3.8) is 0 Å². The number of imidazole rings is 1. The number of nitrogen functional groups attached to an aromatic ring is 1. The molecule has 55 heavy (non-hydrogen) atoms. The summed E-state index contributed by atoms with van der Waals surface area (Å²) < 4.78 is 61.9. The molecule has 3 rings (SSSR count). The van der Waals surface area contributed by atoms with Crippen molar-refractivity contribution < 1.29 is 85.6 Å². The van der Waals surface area contributed by atoms with Crippen LogP contribution in [0.4, 0.5) is 5.82 Å². The van der Waals surface area contributed by atoms with E-state index >= 15 is 0 Å². The number of aliphatic hydroxyl groups excluding tert-OH is 3. The van der Waals surface area contributed by atoms with Crippen molar-refractivity contribution in [3.8, 4) is 0 Å². The second-order valence-electron chi connectivity index (χ2n) is 12.3. The number of carbonyl (C=O) groups is 3. The van der Waals surface area contributed by atoms with E-state index in [0.717, 1.165) is 29.0 Å². The summed E-state index contributed by atoms with van der Waals surface area (Å²) in [5.74, 6) is -1.38. The zero-order valence-electron chi connectivity index (χ0n) is 29.1. The molecule has 1 aliphatic heterocycles. The quantitative estimate of drug-likeness (QED) is 0.0370. The van der Waals surface area contributed by atoms with E-state index in [9.17, 15) is 63.0 Å². The van der Waals surface area contributed by atoms with Crippen LogP contribution in [0.5, 0.6) is 0 Å². The number of carbonyl (C=O) groups excluding carboxylic acids is 3. The van der Waals surface area contributed by atoms with Gasteiger partial charge in [0, 0.05) is 30.7 Å². The highest BCUT2D eigenvalue weighted by atomic mass is 32.2. The van der Waals surface area contributed by atoms with Crippen molar-refractivity contribution in [2.24, 2.45) is 5.41 Å². The van der Waals surface area contributed by atoms with Crippen LogP contribution in [0.3, 0.4) is 0 Å². The highest BCUT2D eigenvalue weighted by Crippen LogP contribution is 2.61. The summed E-state index contributed by atoms with van der Waals surface area (Å²) in [4.78, 5) is 87.1. The summed E-state index contributed by atoms with van der Waals surface area (Å²) in [7, 11) is -16.4. The molecule has 2 aromatic rings. The number of aliphatic hydroxyl groups is 3. The number of phosphoric ester groups is 3. The fraction of sp³-hybridized carbons (Fsp3) is 0.615. The third-order valence-electron chi connectivity index (χ3n) is 7.41. The molecule has 11 N–H and O–H groups in total. The Morgan fingerprint density at radius 1 is 1.09 bits per heavy atom. The number of nitrogens with zero attached hydrogens (tertiary/aromatic N) is 4. The van der Waals surface area contributed by atoms with E-state index in [1.807, 2.05) is 0 Å². The average molecular weight is 866 g/mol. The molecule has 0 radical (unpaired) electrons. The maximum atomic E-state index is 12.7. The van der Waals surface area contributed by atoms with Gasteiger partial charge in [-0.15, -0.1) is 6.58 Å². The van der Waals surface area contributed by atoms with E-state index in [2.05, 4.69) is 41.0 Å². The lowest BCUT2D eigenvalue weighted by Gasteiger charge is -2.30. The number of rotatable bonds is 22. The van der Waals surface area contributed by atoms with Gasteiger partial charge >= 0.3 is 23.5 Å². The Kier molecular flexibility index (Phi) is 16.6. The Balaban J connectivity index is 1.50. The fourth-order valence-electron chi connectivity index (χ4n) is 4.63. The van der Waals surface area contributed by atoms with Crippen LogP contribution in [0.25, 0.3) is 11.2 Å². The Labute approximate surface area is 316 Å². The molecule has 2 amide bonds. The van der Waals surface area contributed by atoms with E-state index in [-0.39, 0.29) is 48.7 Å². The van der Waals surface area contributed by atoms with Crippen molar-refractivity contribution in [1.29, 1.82) is 0 Å². The highest BCUT2D eigenvalue weighted by molar-refractivity contribution is 8.13. The van der Waals surface area contributed by atoms with E-state index < -0.39 is 95.8 Å². The first kappa shape index (κ1) is 46.6. The molecular formula is C26H42N7O18P3S. The summed E-state index contributed by atoms with van der Waals surface area (Å²) in [6.07, 6.45) is -6.75. The number of phosphoric acid groups is 3. The number of nitrogens with one attached hydrogen (secondary N) is 2. The number of nitrogens with two attached hydrogens (primary N) is 1. The topological polar surface area (TPSA) is 384 Å². The zero-order valence-corrected chi connectivity index (χ0v) is 32.6. The summed E-state index contributed by atoms with van der Waals surface area (Å²) in [6.45, 7) is 3.69. The van der Waals surface area contributed by atoms with Gasteiger partial charge in [0.15, 0.2) is 17.7 Å². The average Bonchev–Trinajstić information content (AvgIpc) is 3.64. The summed E-state index contributed by atoms with van der Waals surface area (Å²) in [5, 5.41) is 35.3. The number of hydrogen-bond acceptors (Lipinski definition) is 19. The van der Waals surface area contributed by atoms with Crippen LogP contribution < -0.4 is 16.4 Å². The van der Waals surface area contributed by atoms with E-state index in [1.165, 1.54) is 19.9 Å². The molecule has 8 atom stereocenters. The number of aromatic nitrogens is 4. The molecule has 0 bridgehead atoms. The SMILES string of the molecule is C=CCC(O)C(=O)SCCNC(=O)CCNC(=O)[C@H](O)C(C)(C)COP(=O)(O)OP(=O)(O)OC[C@H]1O[C@@H](n2cnc3c(N)ncnc32)[C@H](O)[C@@H]1OP(=O)(O)O. The van der Waals surface area contributed by atoms with Crippen LogP contribution in [-0.4, -0.2) is 134 Å². The minimum atomic E-state index is -5.58. The minimum Gasteiger partial charge on any atom is -0.386 e. The number of fused-ring (bicyclic) bond motifs is 1. The van der Waals surface area contributed by atoms with E-state index in [1.54, 1.807) is 0 Å². The maximum Gasteiger partial charge on any atom is 0.481 e. The molecule has 25 nitrogen and oxygen atoms in total. The molecule has 29 heteroatoms. The number of amides is 2. The van der Waals surface area contributed by atoms with Crippen LogP contribution in [0.15, 0.2) is 25.3 Å². The molecule has 3 unspecified atom stereocenters. The van der Waals surface area contributed by atoms with Gasteiger partial charge in [0.25, 0.3) is 0 Å². The van der Waals surface area contributed by atoms with Gasteiger partial charge in [-0.3, -0.25) is 32.5 Å². The molecule has 0 aromatic carbocycles. The lowest BCUT2D eigenvalue weighted by Crippen LogP contribution is -2.46. The van der Waals surface area contributed by atoms with E-state index in [0.29, 0.717) is 0 Å². The van der Waals surface area contributed by atoms with Gasteiger partial charge in [-0.1, -0.05) is 31.7 Å². The van der Waals surface area contributed by atoms with Crippen molar-refractivity contribution in [2.75, 3.05) is 37.8 Å². The lowest BCUT2D eigenvalue weighted by atomic mass is 9.87. The van der Waals surface area contributed by atoms with Crippen molar-refractivity contribution in [1.82, 2.24) is 30.2 Å². The first-order valence-electron chi connectivity index (χ1n) is 15.8. The number of hydrogen-bond donors (Lipinski definition) is 10. The molecule has 1 fully saturated rings. The number of thioether (sulfide) groups is 1. The Morgan fingerprint density at radius 2 is 1.76 bits per heavy atom. The Bertz CT molecular complexity index is 1830. The smallest absolute Gasteiger partial charge is 0.386 e. The molecule has 3 heterocycles. The third-order valence-corrected chi connectivity index (χ3v) is 11.5. The van der Waals surface area contributed by atoms with Gasteiger partial charge in [0.05, 0.1) is 19.5 Å². The summed E-state index contributed by atoms with van der Waals surface area (Å²) in [5.41, 5.74) is 4.22. The standard InChI is InChI=1S/C26H42N7O18P3S/c1-4-5-14(34)25(39)55-9-8-28-16(35)6-7-29-23(38)20(37)26(2,3)11-48-54(45,46)51-53(43,44)47-10-15-19(50-52(40,41)42)18(36)24(49-15)33-13-32-17-21(27)30-12-31-22(17)33/h4,12-15,18-20,24,34,36-37H,1,5-11H2,2-3H3,(H,28,35)(H,29,38)(H,43,44)(H,45,46)(H2,27,30,31)(H2,40,41,42)/t14?,15-,18-,19-,20+,24-/m1/s1. The van der Waals surface area contributed by atoms with Crippen LogP contribution in [0.1, 0.15) is 32.9 Å². The highest BCUT2D eigenvalue weighted by Gasteiger charge is 2.50. The first-order chi connectivity index (χ1) is 25.5. The van der Waals surface area contributed by atoms with Gasteiger partial charge in [-0.2, -0.15) is 4.31 Å². The number of anilines is 1. The summed E-state index contributed by atoms with van der Waals surface area (Å²) in [6, 6.07) is 0. The van der Waals surface area contributed by atoms with Crippen LogP contribution in [0, 0.1) is 5.41 Å². The van der Waals surface area contributed by atoms with Gasteiger partial charge in [-0.25, -0.2) is 28.6 Å². The zero-order chi connectivity index (χ0) is 41.4. The second-order valence-corrected chi connectivity index (χ2v) is 17.6. The first-order valence-corrected chi connectivity index (χ1v) is 21.3. The molecular weight excluding hydrogens is 823 g/mol. The van der Waals surface area contributed by atoms with Crippen LogP contribution in [0.2, 0.25) is 0 Å². The predicted octanol–water partition coefficient (Wildman–Crippen LogP) is -1.40. The molecule has 1 aliphatic rings. The fourth-order valence-corrected chi connectivity index (χ4v) is 8.16. The molecule has 0 spiro atoms. The predicted molar refractivity (Wildman–Crippen MR) is 188 cm³/mol. The molecule has 2 aromatic heterocycles. The molecule has 310 valence electrons.